The zero-order chi connectivity index (χ0) is 12.4. The van der Waals surface area contributed by atoms with Gasteiger partial charge in [0, 0.05) is 10.2 Å². The van der Waals surface area contributed by atoms with Gasteiger partial charge in [-0.05, 0) is 37.6 Å². The highest BCUT2D eigenvalue weighted by atomic mass is 79.9. The first-order valence-corrected chi connectivity index (χ1v) is 6.30. The first-order chi connectivity index (χ1) is 8.06. The predicted octanol–water partition coefficient (Wildman–Crippen LogP) is 4.18. The molecule has 1 N–H and O–H groups in total. The number of aromatic nitrogens is 2. The van der Waals surface area contributed by atoms with Crippen LogP contribution in [0.4, 0.5) is 11.7 Å². The van der Waals surface area contributed by atoms with Crippen LogP contribution in [0.25, 0.3) is 0 Å². The monoisotopic (exact) mass is 315 g/mol. The molecule has 2 rings (SSSR count). The van der Waals surface area contributed by atoms with E-state index in [1.165, 1.54) is 0 Å². The molecule has 0 fully saturated rings. The van der Waals surface area contributed by atoms with Crippen molar-refractivity contribution in [3.8, 4) is 0 Å². The molecule has 0 radical (unpaired) electrons. The van der Waals surface area contributed by atoms with E-state index in [-0.39, 0.29) is 5.38 Å². The Morgan fingerprint density at radius 3 is 2.76 bits per heavy atom. The Hall–Kier alpha value is -1.07. The fourth-order valence-electron chi connectivity index (χ4n) is 1.29. The standard InChI is InChI=1S/C11H11BrClN3O/c1-6-5-8(3-4-9(6)12)14-11-16-15-10(17-11)7(2)13/h3-5,7H,1-2H3,(H,14,16). The van der Waals surface area contributed by atoms with E-state index in [4.69, 9.17) is 16.0 Å². The molecular weight excluding hydrogens is 305 g/mol. The molecular formula is C11H11BrClN3O. The van der Waals surface area contributed by atoms with E-state index >= 15 is 0 Å². The maximum absolute atomic E-state index is 5.84. The van der Waals surface area contributed by atoms with E-state index in [0.717, 1.165) is 15.7 Å². The summed E-state index contributed by atoms with van der Waals surface area (Å²) < 4.78 is 6.40. The largest absolute Gasteiger partial charge is 0.406 e. The average molecular weight is 317 g/mol. The summed E-state index contributed by atoms with van der Waals surface area (Å²) >= 11 is 9.28. The Balaban J connectivity index is 2.16. The molecule has 0 amide bonds. The molecule has 4 nitrogen and oxygen atoms in total. The number of benzene rings is 1. The minimum Gasteiger partial charge on any atom is -0.406 e. The molecule has 1 atom stereocenters. The quantitative estimate of drug-likeness (QED) is 0.863. The number of hydrogen-bond donors (Lipinski definition) is 1. The van der Waals surface area contributed by atoms with Crippen LogP contribution in [-0.2, 0) is 0 Å². The highest BCUT2D eigenvalue weighted by Crippen LogP contribution is 2.24. The summed E-state index contributed by atoms with van der Waals surface area (Å²) in [6.07, 6.45) is 0. The summed E-state index contributed by atoms with van der Waals surface area (Å²) in [4.78, 5) is 0. The summed E-state index contributed by atoms with van der Waals surface area (Å²) in [5, 5.41) is 10.4. The second-order valence-electron chi connectivity index (χ2n) is 3.65. The molecule has 0 aliphatic carbocycles. The smallest absolute Gasteiger partial charge is 0.320 e. The van der Waals surface area contributed by atoms with Crippen LogP contribution in [0, 0.1) is 6.92 Å². The third-order valence-corrected chi connectivity index (χ3v) is 3.27. The minimum atomic E-state index is -0.287. The number of rotatable bonds is 3. The van der Waals surface area contributed by atoms with Crippen molar-refractivity contribution in [1.82, 2.24) is 10.2 Å². The van der Waals surface area contributed by atoms with Crippen molar-refractivity contribution in [2.45, 2.75) is 19.2 Å². The van der Waals surface area contributed by atoms with Crippen LogP contribution < -0.4 is 5.32 Å². The van der Waals surface area contributed by atoms with Crippen LogP contribution in [0.15, 0.2) is 27.1 Å². The van der Waals surface area contributed by atoms with Gasteiger partial charge in [0.15, 0.2) is 0 Å². The third kappa shape index (κ3) is 2.98. The summed E-state index contributed by atoms with van der Waals surface area (Å²) in [5.41, 5.74) is 2.02. The third-order valence-electron chi connectivity index (χ3n) is 2.19. The van der Waals surface area contributed by atoms with Crippen molar-refractivity contribution in [2.24, 2.45) is 0 Å². The van der Waals surface area contributed by atoms with E-state index in [1.807, 2.05) is 25.1 Å². The summed E-state index contributed by atoms with van der Waals surface area (Å²) in [6.45, 7) is 3.79. The number of anilines is 2. The van der Waals surface area contributed by atoms with Crippen molar-refractivity contribution >= 4 is 39.2 Å². The number of nitrogens with one attached hydrogen (secondary N) is 1. The molecule has 0 aliphatic heterocycles. The molecule has 2 aromatic rings. The Labute approximate surface area is 113 Å². The number of alkyl halides is 1. The van der Waals surface area contributed by atoms with E-state index in [9.17, 15) is 0 Å². The highest BCUT2D eigenvalue weighted by molar-refractivity contribution is 9.10. The van der Waals surface area contributed by atoms with Crippen molar-refractivity contribution in [2.75, 3.05) is 5.32 Å². The van der Waals surface area contributed by atoms with Crippen LogP contribution >= 0.6 is 27.5 Å². The first-order valence-electron chi connectivity index (χ1n) is 5.07. The zero-order valence-electron chi connectivity index (χ0n) is 9.37. The molecule has 1 aromatic heterocycles. The van der Waals surface area contributed by atoms with Gasteiger partial charge in [-0.3, -0.25) is 0 Å². The van der Waals surface area contributed by atoms with Crippen LogP contribution in [0.2, 0.25) is 0 Å². The van der Waals surface area contributed by atoms with Gasteiger partial charge in [-0.25, -0.2) is 0 Å². The molecule has 90 valence electrons. The van der Waals surface area contributed by atoms with Gasteiger partial charge in [0.05, 0.1) is 0 Å². The summed E-state index contributed by atoms with van der Waals surface area (Å²) in [5.74, 6) is 0.406. The highest BCUT2D eigenvalue weighted by Gasteiger charge is 2.11. The Bertz CT molecular complexity index is 527. The Kier molecular flexibility index (Phi) is 3.69. The number of hydrogen-bond acceptors (Lipinski definition) is 4. The van der Waals surface area contributed by atoms with E-state index in [1.54, 1.807) is 6.92 Å². The molecule has 1 heterocycles. The van der Waals surface area contributed by atoms with E-state index < -0.39 is 0 Å². The van der Waals surface area contributed by atoms with E-state index in [2.05, 4.69) is 31.4 Å². The van der Waals surface area contributed by atoms with Crippen molar-refractivity contribution in [3.63, 3.8) is 0 Å². The lowest BCUT2D eigenvalue weighted by atomic mass is 10.2. The van der Waals surface area contributed by atoms with Crippen molar-refractivity contribution in [1.29, 1.82) is 0 Å². The maximum atomic E-state index is 5.84. The Morgan fingerprint density at radius 2 is 2.18 bits per heavy atom. The number of halogens is 2. The van der Waals surface area contributed by atoms with Crippen LogP contribution in [0.5, 0.6) is 0 Å². The van der Waals surface area contributed by atoms with Crippen molar-refractivity contribution in [3.05, 3.63) is 34.1 Å². The van der Waals surface area contributed by atoms with Gasteiger partial charge < -0.3 is 9.73 Å². The normalized spacial score (nSPS) is 12.5. The molecule has 6 heteroatoms. The molecule has 17 heavy (non-hydrogen) atoms. The lowest BCUT2D eigenvalue weighted by molar-refractivity contribution is 0.510. The number of nitrogens with zero attached hydrogens (tertiary/aromatic N) is 2. The molecule has 0 aliphatic rings. The molecule has 0 bridgehead atoms. The zero-order valence-corrected chi connectivity index (χ0v) is 11.7. The SMILES string of the molecule is Cc1cc(Nc2nnc(C(C)Cl)o2)ccc1Br. The summed E-state index contributed by atoms with van der Waals surface area (Å²) in [7, 11) is 0. The second kappa shape index (κ2) is 5.06. The molecule has 0 spiro atoms. The van der Waals surface area contributed by atoms with Crippen LogP contribution in [0.3, 0.4) is 0 Å². The Morgan fingerprint density at radius 1 is 1.41 bits per heavy atom. The first kappa shape index (κ1) is 12.4. The van der Waals surface area contributed by atoms with E-state index in [0.29, 0.717) is 11.9 Å². The van der Waals surface area contributed by atoms with Gasteiger partial charge in [0.1, 0.15) is 5.38 Å². The maximum Gasteiger partial charge on any atom is 0.320 e. The molecule has 1 aromatic carbocycles. The fraction of sp³-hybridized carbons (Fsp3) is 0.273. The van der Waals surface area contributed by atoms with Gasteiger partial charge >= 0.3 is 6.01 Å². The predicted molar refractivity (Wildman–Crippen MR) is 70.7 cm³/mol. The van der Waals surface area contributed by atoms with Crippen molar-refractivity contribution < 1.29 is 4.42 Å². The van der Waals surface area contributed by atoms with Gasteiger partial charge in [-0.2, -0.15) is 0 Å². The average Bonchev–Trinajstić information content (AvgIpc) is 2.72. The molecule has 0 saturated heterocycles. The topological polar surface area (TPSA) is 51.0 Å². The van der Waals surface area contributed by atoms with Crippen LogP contribution in [-0.4, -0.2) is 10.2 Å². The van der Waals surface area contributed by atoms with Crippen LogP contribution in [0.1, 0.15) is 23.8 Å². The van der Waals surface area contributed by atoms with Gasteiger partial charge in [-0.15, -0.1) is 16.7 Å². The lowest BCUT2D eigenvalue weighted by Crippen LogP contribution is -1.91. The fourth-order valence-corrected chi connectivity index (χ4v) is 1.63. The summed E-state index contributed by atoms with van der Waals surface area (Å²) in [6, 6.07) is 6.21. The van der Waals surface area contributed by atoms with Gasteiger partial charge in [0.25, 0.3) is 0 Å². The van der Waals surface area contributed by atoms with Gasteiger partial charge in [-0.1, -0.05) is 21.0 Å². The van der Waals surface area contributed by atoms with Gasteiger partial charge in [0.2, 0.25) is 5.89 Å². The second-order valence-corrected chi connectivity index (χ2v) is 5.16. The lowest BCUT2D eigenvalue weighted by Gasteiger charge is -2.03. The number of aryl methyl sites for hydroxylation is 1. The molecule has 1 unspecified atom stereocenters. The minimum absolute atomic E-state index is 0.287. The molecule has 0 saturated carbocycles.